The summed E-state index contributed by atoms with van der Waals surface area (Å²) in [6.07, 6.45) is 5.02. The van der Waals surface area contributed by atoms with Gasteiger partial charge in [0.25, 0.3) is 0 Å². The molecule has 1 heterocycles. The van der Waals surface area contributed by atoms with Crippen LogP contribution in [0.1, 0.15) is 24.5 Å². The maximum absolute atomic E-state index is 12.8. The zero-order valence-corrected chi connectivity index (χ0v) is 25.1. The molecule has 8 nitrogen and oxygen atoms in total. The van der Waals surface area contributed by atoms with Gasteiger partial charge in [0.2, 0.25) is 5.91 Å². The maximum Gasteiger partial charge on any atom is 0.228 e. The largest absolute Gasteiger partial charge is 0.497 e. The molecule has 10 heteroatoms. The highest BCUT2D eigenvalue weighted by atomic mass is 35.5. The first kappa shape index (κ1) is 30.5. The van der Waals surface area contributed by atoms with E-state index in [9.17, 15) is 4.79 Å². The molecule has 1 aliphatic rings. The number of methoxy groups -OCH3 is 2. The van der Waals surface area contributed by atoms with E-state index in [0.29, 0.717) is 37.0 Å². The number of nitrogens with one attached hydrogen (secondary N) is 2. The lowest BCUT2D eigenvalue weighted by Gasteiger charge is -2.24. The smallest absolute Gasteiger partial charge is 0.228 e. The Kier molecular flexibility index (Phi) is 11.5. The van der Waals surface area contributed by atoms with Crippen LogP contribution in [0.15, 0.2) is 82.3 Å². The van der Waals surface area contributed by atoms with Crippen LogP contribution in [0.4, 0.5) is 11.4 Å². The third kappa shape index (κ3) is 8.74. The first-order chi connectivity index (χ1) is 20.0. The summed E-state index contributed by atoms with van der Waals surface area (Å²) < 4.78 is 19.8. The van der Waals surface area contributed by atoms with Crippen molar-refractivity contribution in [3.8, 4) is 11.5 Å². The number of ether oxygens (including phenoxy) is 3. The van der Waals surface area contributed by atoms with Crippen molar-refractivity contribution in [2.24, 2.45) is 5.10 Å². The number of carbonyl (C=O) groups excluding carboxylic acids is 1. The van der Waals surface area contributed by atoms with Gasteiger partial charge >= 0.3 is 0 Å². The molecule has 0 unspecified atom stereocenters. The second-order valence-corrected chi connectivity index (χ2v) is 10.5. The predicted octanol–water partition coefficient (Wildman–Crippen LogP) is 6.49. The van der Waals surface area contributed by atoms with E-state index >= 15 is 0 Å². The molecule has 0 bridgehead atoms. The lowest BCUT2D eigenvalue weighted by Crippen LogP contribution is -2.22. The fraction of sp³-hybridized carbons (Fsp3) is 0.290. The maximum atomic E-state index is 12.8. The molecule has 4 rings (SSSR count). The van der Waals surface area contributed by atoms with Gasteiger partial charge in [0.15, 0.2) is 0 Å². The molecule has 2 N–H and O–H groups in total. The molecule has 0 aromatic heterocycles. The molecule has 0 saturated heterocycles. The van der Waals surface area contributed by atoms with Crippen molar-refractivity contribution < 1.29 is 19.0 Å². The number of carbonyl (C=O) groups is 1. The molecule has 0 fully saturated rings. The first-order valence-electron chi connectivity index (χ1n) is 13.4. The Morgan fingerprint density at radius 2 is 1.95 bits per heavy atom. The number of nitrogens with zero attached hydrogens (tertiary/aromatic N) is 2. The number of hydrazone groups is 1. The van der Waals surface area contributed by atoms with Crippen molar-refractivity contribution >= 4 is 47.0 Å². The Labute approximate surface area is 250 Å². The second kappa shape index (κ2) is 15.5. The van der Waals surface area contributed by atoms with Crippen LogP contribution in [0.5, 0.6) is 11.5 Å². The van der Waals surface area contributed by atoms with Crippen LogP contribution >= 0.6 is 23.5 Å². The van der Waals surface area contributed by atoms with Crippen molar-refractivity contribution in [1.29, 1.82) is 0 Å². The molecule has 41 heavy (non-hydrogen) atoms. The molecule has 0 saturated carbocycles. The van der Waals surface area contributed by atoms with Crippen LogP contribution in [0, 0.1) is 0 Å². The Morgan fingerprint density at radius 3 is 2.68 bits per heavy atom. The zero-order valence-electron chi connectivity index (χ0n) is 23.5. The van der Waals surface area contributed by atoms with Gasteiger partial charge < -0.3 is 19.5 Å². The third-order valence-corrected chi connectivity index (χ3v) is 7.54. The topological polar surface area (TPSA) is 84.4 Å². The van der Waals surface area contributed by atoms with Gasteiger partial charge in [-0.1, -0.05) is 41.9 Å². The van der Waals surface area contributed by atoms with E-state index in [1.165, 1.54) is 11.9 Å². The standard InChI is InChI=1S/C31H35ClN4O4S/c1-4-40-29-19-26(39-3)11-9-24(29)21-34-41-30-18-25(35-31(37)17-23-7-5-6-8-27(23)32)10-12-28(30)36-15-13-22(20-33-36)14-16-38-2/h5-13,18-20,34H,4,14-17,21H2,1-3H3,(H,35,37). The normalized spacial score (nSPS) is 12.7. The number of anilines is 2. The summed E-state index contributed by atoms with van der Waals surface area (Å²) in [5, 5.41) is 10.2. The Hall–Kier alpha value is -3.50. The minimum Gasteiger partial charge on any atom is -0.497 e. The minimum absolute atomic E-state index is 0.143. The highest BCUT2D eigenvalue weighted by Gasteiger charge is 2.16. The van der Waals surface area contributed by atoms with Crippen LogP contribution in [0.3, 0.4) is 0 Å². The van der Waals surface area contributed by atoms with E-state index in [0.717, 1.165) is 45.2 Å². The van der Waals surface area contributed by atoms with Crippen molar-refractivity contribution in [3.05, 3.63) is 88.5 Å². The van der Waals surface area contributed by atoms with Gasteiger partial charge in [0.05, 0.1) is 50.1 Å². The lowest BCUT2D eigenvalue weighted by molar-refractivity contribution is -0.115. The number of benzene rings is 3. The van der Waals surface area contributed by atoms with Crippen LogP contribution < -0.4 is 24.5 Å². The van der Waals surface area contributed by atoms with Crippen LogP contribution in [-0.4, -0.2) is 46.1 Å². The molecule has 3 aromatic rings. The lowest BCUT2D eigenvalue weighted by atomic mass is 10.1. The highest BCUT2D eigenvalue weighted by molar-refractivity contribution is 7.97. The van der Waals surface area contributed by atoms with Crippen LogP contribution in [0.25, 0.3) is 0 Å². The Morgan fingerprint density at radius 1 is 1.10 bits per heavy atom. The predicted molar refractivity (Wildman–Crippen MR) is 168 cm³/mol. The summed E-state index contributed by atoms with van der Waals surface area (Å²) in [5.41, 5.74) is 4.54. The highest BCUT2D eigenvalue weighted by Crippen LogP contribution is 2.34. The average molecular weight is 595 g/mol. The molecular formula is C31H35ClN4O4S. The molecule has 216 valence electrons. The van der Waals surface area contributed by atoms with Gasteiger partial charge in [-0.25, -0.2) is 0 Å². The first-order valence-corrected chi connectivity index (χ1v) is 14.6. The zero-order chi connectivity index (χ0) is 29.0. The number of hydrogen-bond donors (Lipinski definition) is 2. The molecule has 1 aliphatic heterocycles. The van der Waals surface area contributed by atoms with E-state index in [2.05, 4.69) is 21.2 Å². The Balaban J connectivity index is 1.51. The number of amides is 1. The van der Waals surface area contributed by atoms with Crippen molar-refractivity contribution in [3.63, 3.8) is 0 Å². The van der Waals surface area contributed by atoms with E-state index in [1.807, 2.05) is 72.7 Å². The second-order valence-electron chi connectivity index (χ2n) is 9.18. The molecule has 3 aromatic carbocycles. The van der Waals surface area contributed by atoms with Crippen LogP contribution in [-0.2, 0) is 22.5 Å². The summed E-state index contributed by atoms with van der Waals surface area (Å²) in [5.74, 6) is 1.37. The van der Waals surface area contributed by atoms with Crippen molar-refractivity contribution in [2.45, 2.75) is 31.2 Å². The number of rotatable bonds is 14. The molecule has 0 aliphatic carbocycles. The number of hydrogen-bond acceptors (Lipinski definition) is 8. The van der Waals surface area contributed by atoms with Gasteiger partial charge in [-0.2, -0.15) is 5.10 Å². The van der Waals surface area contributed by atoms with Gasteiger partial charge in [-0.05, 0) is 66.8 Å². The van der Waals surface area contributed by atoms with Gasteiger partial charge in [0, 0.05) is 36.0 Å². The van der Waals surface area contributed by atoms with Gasteiger partial charge in [0.1, 0.15) is 11.5 Å². The van der Waals surface area contributed by atoms with Gasteiger partial charge in [-0.15, -0.1) is 0 Å². The van der Waals surface area contributed by atoms with E-state index in [-0.39, 0.29) is 12.3 Å². The van der Waals surface area contributed by atoms with Crippen molar-refractivity contribution in [2.75, 3.05) is 44.3 Å². The molecular weight excluding hydrogens is 560 g/mol. The summed E-state index contributed by atoms with van der Waals surface area (Å²) >= 11 is 7.73. The summed E-state index contributed by atoms with van der Waals surface area (Å²) in [6, 6.07) is 19.0. The minimum atomic E-state index is -0.143. The summed E-state index contributed by atoms with van der Waals surface area (Å²) in [4.78, 5) is 13.8. The fourth-order valence-corrected chi connectivity index (χ4v) is 5.24. The quantitative estimate of drug-likeness (QED) is 0.206. The van der Waals surface area contributed by atoms with Crippen LogP contribution in [0.2, 0.25) is 5.02 Å². The summed E-state index contributed by atoms with van der Waals surface area (Å²) in [6.45, 7) is 4.35. The van der Waals surface area contributed by atoms with Gasteiger partial charge in [-0.3, -0.25) is 14.5 Å². The molecule has 0 atom stereocenters. The average Bonchev–Trinajstić information content (AvgIpc) is 2.98. The monoisotopic (exact) mass is 594 g/mol. The SMILES string of the molecule is CCOc1cc(OC)ccc1CNSc1cc(NC(=O)Cc2ccccc2Cl)ccc1N1CC=C(CCOC)C=N1. The molecule has 0 spiro atoms. The van der Waals surface area contributed by atoms with E-state index in [4.69, 9.17) is 25.8 Å². The molecule has 0 radical (unpaired) electrons. The fourth-order valence-electron chi connectivity index (χ4n) is 4.19. The third-order valence-electron chi connectivity index (χ3n) is 6.33. The molecule has 1 amide bonds. The van der Waals surface area contributed by atoms with Crippen molar-refractivity contribution in [1.82, 2.24) is 4.72 Å². The van der Waals surface area contributed by atoms with E-state index < -0.39 is 0 Å². The Bertz CT molecular complexity index is 1400. The number of halogens is 1. The summed E-state index contributed by atoms with van der Waals surface area (Å²) in [7, 11) is 3.33. The van der Waals surface area contributed by atoms with E-state index in [1.54, 1.807) is 20.3 Å².